The molecule has 0 spiro atoms. The van der Waals surface area contributed by atoms with E-state index in [1.165, 1.54) is 6.33 Å². The van der Waals surface area contributed by atoms with Crippen molar-refractivity contribution in [2.24, 2.45) is 0 Å². The van der Waals surface area contributed by atoms with E-state index in [2.05, 4.69) is 31.5 Å². The highest BCUT2D eigenvalue weighted by Crippen LogP contribution is 2.16. The van der Waals surface area contributed by atoms with Gasteiger partial charge in [0.05, 0.1) is 5.69 Å². The second kappa shape index (κ2) is 5.53. The SMILES string of the molecule is Cc1cc(NCc2ccccc2-n2cccn2)n2ncnc2n1. The van der Waals surface area contributed by atoms with Crippen LogP contribution in [0.3, 0.4) is 0 Å². The molecular formula is C16H15N7. The van der Waals surface area contributed by atoms with Crippen LogP contribution in [0.5, 0.6) is 0 Å². The summed E-state index contributed by atoms with van der Waals surface area (Å²) < 4.78 is 3.56. The summed E-state index contributed by atoms with van der Waals surface area (Å²) in [5.41, 5.74) is 3.08. The first-order chi connectivity index (χ1) is 11.3. The van der Waals surface area contributed by atoms with E-state index in [1.807, 2.05) is 48.1 Å². The molecule has 0 unspecified atom stereocenters. The van der Waals surface area contributed by atoms with Crippen LogP contribution in [-0.2, 0) is 6.54 Å². The minimum Gasteiger partial charge on any atom is -0.366 e. The van der Waals surface area contributed by atoms with Crippen LogP contribution in [0.2, 0.25) is 0 Å². The molecule has 0 aliphatic carbocycles. The number of nitrogens with one attached hydrogen (secondary N) is 1. The molecule has 4 aromatic rings. The van der Waals surface area contributed by atoms with Crippen molar-refractivity contribution in [2.45, 2.75) is 13.5 Å². The van der Waals surface area contributed by atoms with E-state index >= 15 is 0 Å². The maximum atomic E-state index is 4.34. The Bertz CT molecular complexity index is 940. The lowest BCUT2D eigenvalue weighted by atomic mass is 10.2. The summed E-state index contributed by atoms with van der Waals surface area (Å²) in [5, 5.41) is 11.9. The van der Waals surface area contributed by atoms with Gasteiger partial charge in [0.1, 0.15) is 12.1 Å². The lowest BCUT2D eigenvalue weighted by molar-refractivity contribution is 0.859. The highest BCUT2D eigenvalue weighted by molar-refractivity contribution is 5.47. The van der Waals surface area contributed by atoms with E-state index in [9.17, 15) is 0 Å². The summed E-state index contributed by atoms with van der Waals surface area (Å²) in [7, 11) is 0. The van der Waals surface area contributed by atoms with E-state index in [1.54, 1.807) is 10.7 Å². The third-order valence-corrected chi connectivity index (χ3v) is 3.58. The first-order valence-electron chi connectivity index (χ1n) is 7.30. The monoisotopic (exact) mass is 305 g/mol. The number of hydrogen-bond donors (Lipinski definition) is 1. The van der Waals surface area contributed by atoms with Gasteiger partial charge in [-0.15, -0.1) is 0 Å². The summed E-state index contributed by atoms with van der Waals surface area (Å²) in [6.45, 7) is 2.59. The van der Waals surface area contributed by atoms with Crippen LogP contribution in [0, 0.1) is 6.92 Å². The number of rotatable bonds is 4. The van der Waals surface area contributed by atoms with Gasteiger partial charge in [-0.3, -0.25) is 0 Å². The highest BCUT2D eigenvalue weighted by Gasteiger charge is 2.08. The summed E-state index contributed by atoms with van der Waals surface area (Å²) in [6.07, 6.45) is 5.21. The largest absolute Gasteiger partial charge is 0.366 e. The molecule has 0 radical (unpaired) electrons. The van der Waals surface area contributed by atoms with Crippen molar-refractivity contribution in [3.8, 4) is 5.69 Å². The number of fused-ring (bicyclic) bond motifs is 1. The summed E-state index contributed by atoms with van der Waals surface area (Å²) in [5.74, 6) is 1.45. The number of hydrogen-bond acceptors (Lipinski definition) is 5. The van der Waals surface area contributed by atoms with Crippen LogP contribution in [0.25, 0.3) is 11.5 Å². The fraction of sp³-hybridized carbons (Fsp3) is 0.125. The maximum absolute atomic E-state index is 4.34. The van der Waals surface area contributed by atoms with Gasteiger partial charge in [0.25, 0.3) is 5.78 Å². The highest BCUT2D eigenvalue weighted by atomic mass is 15.4. The van der Waals surface area contributed by atoms with Crippen molar-refractivity contribution in [1.29, 1.82) is 0 Å². The molecule has 0 saturated carbocycles. The third kappa shape index (κ3) is 2.52. The zero-order valence-corrected chi connectivity index (χ0v) is 12.6. The first-order valence-corrected chi connectivity index (χ1v) is 7.30. The molecule has 0 amide bonds. The molecule has 3 aromatic heterocycles. The Hall–Kier alpha value is -3.22. The molecule has 4 rings (SSSR count). The Balaban J connectivity index is 1.66. The Morgan fingerprint density at radius 2 is 2.04 bits per heavy atom. The van der Waals surface area contributed by atoms with Crippen LogP contribution in [0.4, 0.5) is 5.82 Å². The maximum Gasteiger partial charge on any atom is 0.254 e. The van der Waals surface area contributed by atoms with E-state index in [0.717, 1.165) is 22.8 Å². The summed E-state index contributed by atoms with van der Waals surface area (Å²) in [4.78, 5) is 8.48. The normalized spacial score (nSPS) is 11.0. The van der Waals surface area contributed by atoms with E-state index in [-0.39, 0.29) is 0 Å². The molecule has 7 nitrogen and oxygen atoms in total. The van der Waals surface area contributed by atoms with Gasteiger partial charge in [0.15, 0.2) is 0 Å². The zero-order chi connectivity index (χ0) is 15.6. The number of aryl methyl sites for hydroxylation is 1. The molecule has 1 N–H and O–H groups in total. The van der Waals surface area contributed by atoms with Crippen LogP contribution in [0.1, 0.15) is 11.3 Å². The smallest absolute Gasteiger partial charge is 0.254 e. The molecule has 114 valence electrons. The molecule has 23 heavy (non-hydrogen) atoms. The van der Waals surface area contributed by atoms with Crippen LogP contribution >= 0.6 is 0 Å². The number of aromatic nitrogens is 6. The van der Waals surface area contributed by atoms with Gasteiger partial charge in [0, 0.05) is 30.7 Å². The van der Waals surface area contributed by atoms with Crippen molar-refractivity contribution >= 4 is 11.6 Å². The van der Waals surface area contributed by atoms with Crippen molar-refractivity contribution < 1.29 is 0 Å². The van der Waals surface area contributed by atoms with E-state index in [4.69, 9.17) is 0 Å². The van der Waals surface area contributed by atoms with Gasteiger partial charge in [-0.1, -0.05) is 18.2 Å². The molecule has 0 aliphatic rings. The molecule has 0 aliphatic heterocycles. The predicted octanol–water partition coefficient (Wildman–Crippen LogP) is 2.23. The molecule has 0 atom stereocenters. The van der Waals surface area contributed by atoms with Crippen molar-refractivity contribution in [1.82, 2.24) is 29.4 Å². The lowest BCUT2D eigenvalue weighted by Gasteiger charge is -2.12. The van der Waals surface area contributed by atoms with Gasteiger partial charge < -0.3 is 5.32 Å². The van der Waals surface area contributed by atoms with Gasteiger partial charge in [-0.2, -0.15) is 19.7 Å². The number of benzene rings is 1. The zero-order valence-electron chi connectivity index (χ0n) is 12.6. The molecule has 3 heterocycles. The first kappa shape index (κ1) is 13.4. The molecule has 1 aromatic carbocycles. The third-order valence-electron chi connectivity index (χ3n) is 3.58. The second-order valence-electron chi connectivity index (χ2n) is 5.19. The average Bonchev–Trinajstić information content (AvgIpc) is 3.24. The Kier molecular flexibility index (Phi) is 3.23. The second-order valence-corrected chi connectivity index (χ2v) is 5.19. The Morgan fingerprint density at radius 3 is 2.91 bits per heavy atom. The summed E-state index contributed by atoms with van der Waals surface area (Å²) in [6, 6.07) is 12.0. The molecule has 0 bridgehead atoms. The predicted molar refractivity (Wildman–Crippen MR) is 86.4 cm³/mol. The quantitative estimate of drug-likeness (QED) is 0.626. The fourth-order valence-corrected chi connectivity index (χ4v) is 2.54. The average molecular weight is 305 g/mol. The van der Waals surface area contributed by atoms with E-state index < -0.39 is 0 Å². The van der Waals surface area contributed by atoms with Gasteiger partial charge >= 0.3 is 0 Å². The molecule has 0 saturated heterocycles. The van der Waals surface area contributed by atoms with Crippen molar-refractivity contribution in [2.75, 3.05) is 5.32 Å². The minimum absolute atomic E-state index is 0.591. The lowest BCUT2D eigenvalue weighted by Crippen LogP contribution is -2.09. The van der Waals surface area contributed by atoms with Crippen LogP contribution in [-0.4, -0.2) is 29.4 Å². The molecule has 7 heteroatoms. The van der Waals surface area contributed by atoms with Crippen LogP contribution in [0.15, 0.2) is 55.1 Å². The Labute approximate surface area is 132 Å². The Morgan fingerprint density at radius 1 is 1.13 bits per heavy atom. The number of anilines is 1. The van der Waals surface area contributed by atoms with Gasteiger partial charge in [-0.25, -0.2) is 9.67 Å². The van der Waals surface area contributed by atoms with Crippen LogP contribution < -0.4 is 5.32 Å². The van der Waals surface area contributed by atoms with Gasteiger partial charge in [0.2, 0.25) is 0 Å². The molecule has 0 fully saturated rings. The summed E-state index contributed by atoms with van der Waals surface area (Å²) >= 11 is 0. The minimum atomic E-state index is 0.591. The standard InChI is InChI=1S/C16H15N7/c1-12-9-15(23-16(21-12)18-11-20-23)17-10-13-5-2-3-6-14(13)22-8-4-7-19-22/h2-9,11,17H,10H2,1H3. The topological polar surface area (TPSA) is 72.9 Å². The van der Waals surface area contributed by atoms with Crippen molar-refractivity contribution in [3.63, 3.8) is 0 Å². The number of nitrogens with zero attached hydrogens (tertiary/aromatic N) is 6. The molecular weight excluding hydrogens is 290 g/mol. The number of para-hydroxylation sites is 1. The van der Waals surface area contributed by atoms with Crippen molar-refractivity contribution in [3.05, 3.63) is 66.4 Å². The fourth-order valence-electron chi connectivity index (χ4n) is 2.54. The van der Waals surface area contributed by atoms with Gasteiger partial charge in [-0.05, 0) is 24.6 Å². The van der Waals surface area contributed by atoms with E-state index in [0.29, 0.717) is 12.3 Å².